The topological polar surface area (TPSA) is 115 Å². The van der Waals surface area contributed by atoms with Crippen molar-refractivity contribution in [3.8, 4) is 23.6 Å². The molecular formula is C28H27N7O2. The minimum Gasteiger partial charge on any atom is -0.341 e. The maximum Gasteiger partial charge on any atom is 0.337 e. The molecule has 0 unspecified atom stereocenters. The molecule has 3 heterocycles. The van der Waals surface area contributed by atoms with Crippen LogP contribution in [-0.4, -0.2) is 37.8 Å². The SMILES string of the molecule is CC#CCn1c(N2CCC[C@@H](N)C2)nc2c1c(=O)n(Cc1ccc(C#N)cc1)c(=O)n2-c1ccccc1. The van der Waals surface area contributed by atoms with Crippen LogP contribution in [0.4, 0.5) is 5.95 Å². The number of nitriles is 1. The summed E-state index contributed by atoms with van der Waals surface area (Å²) >= 11 is 0. The molecule has 186 valence electrons. The van der Waals surface area contributed by atoms with Crippen LogP contribution < -0.4 is 21.9 Å². The van der Waals surface area contributed by atoms with Gasteiger partial charge < -0.3 is 10.6 Å². The normalized spacial score (nSPS) is 15.3. The first-order valence-corrected chi connectivity index (χ1v) is 12.2. The number of piperidine rings is 1. The zero-order valence-corrected chi connectivity index (χ0v) is 20.6. The molecule has 37 heavy (non-hydrogen) atoms. The van der Waals surface area contributed by atoms with E-state index in [-0.39, 0.29) is 19.1 Å². The van der Waals surface area contributed by atoms with Crippen LogP contribution >= 0.6 is 0 Å². The molecule has 2 aromatic heterocycles. The number of rotatable bonds is 5. The van der Waals surface area contributed by atoms with Crippen molar-refractivity contribution in [1.82, 2.24) is 18.7 Å². The van der Waals surface area contributed by atoms with Gasteiger partial charge in [0, 0.05) is 19.1 Å². The number of nitrogens with two attached hydrogens (primary N) is 1. The average molecular weight is 494 g/mol. The zero-order valence-electron chi connectivity index (χ0n) is 20.6. The highest BCUT2D eigenvalue weighted by molar-refractivity contribution is 5.76. The largest absolute Gasteiger partial charge is 0.341 e. The standard InChI is InChI=1S/C28H27N7O2/c1-2-3-16-33-24-25(31-27(33)32-15-7-8-22(30)19-32)35(23-9-5-4-6-10-23)28(37)34(26(24)36)18-21-13-11-20(17-29)12-14-21/h4-6,9-14,22H,7-8,15-16,18-19,30H2,1H3/t22-/m1/s1. The summed E-state index contributed by atoms with van der Waals surface area (Å²) in [6, 6.07) is 18.1. The molecule has 1 saturated heterocycles. The molecule has 0 bridgehead atoms. The smallest absolute Gasteiger partial charge is 0.337 e. The van der Waals surface area contributed by atoms with Crippen LogP contribution in [0.3, 0.4) is 0 Å². The minimum atomic E-state index is -0.485. The van der Waals surface area contributed by atoms with Crippen LogP contribution in [0.2, 0.25) is 0 Å². The Hall–Kier alpha value is -4.60. The quantitative estimate of drug-likeness (QED) is 0.427. The van der Waals surface area contributed by atoms with E-state index in [9.17, 15) is 9.59 Å². The average Bonchev–Trinajstić information content (AvgIpc) is 3.30. The predicted octanol–water partition coefficient (Wildman–Crippen LogP) is 2.22. The Balaban J connectivity index is 1.80. The third-order valence-corrected chi connectivity index (χ3v) is 6.60. The van der Waals surface area contributed by atoms with E-state index in [4.69, 9.17) is 16.0 Å². The van der Waals surface area contributed by atoms with Gasteiger partial charge in [-0.2, -0.15) is 10.2 Å². The molecule has 9 nitrogen and oxygen atoms in total. The number of anilines is 1. The number of imidazole rings is 1. The van der Waals surface area contributed by atoms with Crippen LogP contribution in [0.1, 0.15) is 30.9 Å². The van der Waals surface area contributed by atoms with E-state index in [1.165, 1.54) is 9.13 Å². The summed E-state index contributed by atoms with van der Waals surface area (Å²) in [7, 11) is 0. The van der Waals surface area contributed by atoms with Crippen molar-refractivity contribution in [3.05, 3.63) is 86.6 Å². The lowest BCUT2D eigenvalue weighted by atomic mass is 10.1. The number of hydrogen-bond donors (Lipinski definition) is 1. The molecule has 2 aromatic carbocycles. The van der Waals surface area contributed by atoms with Crippen molar-refractivity contribution >= 4 is 17.1 Å². The van der Waals surface area contributed by atoms with Gasteiger partial charge >= 0.3 is 5.69 Å². The number of hydrogen-bond acceptors (Lipinski definition) is 6. The van der Waals surface area contributed by atoms with Crippen molar-refractivity contribution in [2.75, 3.05) is 18.0 Å². The Morgan fingerprint density at radius 1 is 1.08 bits per heavy atom. The van der Waals surface area contributed by atoms with Crippen LogP contribution in [0, 0.1) is 23.2 Å². The molecule has 1 atom stereocenters. The van der Waals surface area contributed by atoms with Gasteiger partial charge in [0.2, 0.25) is 5.95 Å². The molecule has 1 aliphatic rings. The number of fused-ring (bicyclic) bond motifs is 1. The molecule has 0 amide bonds. The van der Waals surface area contributed by atoms with Crippen molar-refractivity contribution in [2.45, 2.75) is 38.9 Å². The molecule has 2 N–H and O–H groups in total. The highest BCUT2D eigenvalue weighted by atomic mass is 16.2. The van der Waals surface area contributed by atoms with Crippen LogP contribution in [0.15, 0.2) is 64.2 Å². The Morgan fingerprint density at radius 2 is 1.84 bits per heavy atom. The van der Waals surface area contributed by atoms with Gasteiger partial charge in [-0.3, -0.25) is 13.9 Å². The van der Waals surface area contributed by atoms with Gasteiger partial charge in [0.15, 0.2) is 11.2 Å². The number of nitrogens with zero attached hydrogens (tertiary/aromatic N) is 6. The second-order valence-corrected chi connectivity index (χ2v) is 9.10. The fraction of sp³-hybridized carbons (Fsp3) is 0.286. The minimum absolute atomic E-state index is 0.00336. The van der Waals surface area contributed by atoms with E-state index in [0.29, 0.717) is 34.9 Å². The van der Waals surface area contributed by atoms with Crippen molar-refractivity contribution in [3.63, 3.8) is 0 Å². The fourth-order valence-corrected chi connectivity index (χ4v) is 4.78. The highest BCUT2D eigenvalue weighted by Crippen LogP contribution is 2.24. The Bertz CT molecular complexity index is 1660. The Morgan fingerprint density at radius 3 is 2.51 bits per heavy atom. The van der Waals surface area contributed by atoms with Gasteiger partial charge in [-0.15, -0.1) is 5.92 Å². The summed E-state index contributed by atoms with van der Waals surface area (Å²) < 4.78 is 4.52. The molecule has 1 fully saturated rings. The van der Waals surface area contributed by atoms with Crippen molar-refractivity contribution in [1.29, 1.82) is 5.26 Å². The second-order valence-electron chi connectivity index (χ2n) is 9.10. The van der Waals surface area contributed by atoms with Crippen LogP contribution in [0.25, 0.3) is 16.9 Å². The van der Waals surface area contributed by atoms with Crippen molar-refractivity contribution < 1.29 is 0 Å². The first-order chi connectivity index (χ1) is 18.0. The highest BCUT2D eigenvalue weighted by Gasteiger charge is 2.27. The molecule has 1 aliphatic heterocycles. The number of para-hydroxylation sites is 1. The lowest BCUT2D eigenvalue weighted by Gasteiger charge is -2.31. The predicted molar refractivity (Wildman–Crippen MR) is 143 cm³/mol. The van der Waals surface area contributed by atoms with E-state index in [1.807, 2.05) is 30.3 Å². The van der Waals surface area contributed by atoms with E-state index in [0.717, 1.165) is 24.9 Å². The van der Waals surface area contributed by atoms with E-state index in [2.05, 4.69) is 22.8 Å². The summed E-state index contributed by atoms with van der Waals surface area (Å²) in [6.45, 7) is 3.43. The molecule has 0 radical (unpaired) electrons. The lowest BCUT2D eigenvalue weighted by molar-refractivity contribution is 0.496. The maximum atomic E-state index is 13.9. The third kappa shape index (κ3) is 4.53. The summed E-state index contributed by atoms with van der Waals surface area (Å²) in [6.07, 6.45) is 1.84. The van der Waals surface area contributed by atoms with Crippen LogP contribution in [0.5, 0.6) is 0 Å². The summed E-state index contributed by atoms with van der Waals surface area (Å²) in [5.74, 6) is 6.56. The van der Waals surface area contributed by atoms with Crippen LogP contribution in [-0.2, 0) is 13.1 Å². The van der Waals surface area contributed by atoms with Gasteiger partial charge in [0.25, 0.3) is 5.56 Å². The van der Waals surface area contributed by atoms with E-state index < -0.39 is 11.2 Å². The molecule has 5 rings (SSSR count). The van der Waals surface area contributed by atoms with E-state index >= 15 is 0 Å². The second kappa shape index (κ2) is 10.2. The molecule has 4 aromatic rings. The molecule has 9 heteroatoms. The monoisotopic (exact) mass is 493 g/mol. The Kier molecular flexibility index (Phi) is 6.63. The van der Waals surface area contributed by atoms with E-state index in [1.54, 1.807) is 35.8 Å². The Labute approximate surface area is 214 Å². The van der Waals surface area contributed by atoms with Gasteiger partial charge in [-0.1, -0.05) is 36.3 Å². The van der Waals surface area contributed by atoms with Gasteiger partial charge in [0.05, 0.1) is 30.4 Å². The number of aromatic nitrogens is 4. The maximum absolute atomic E-state index is 13.9. The summed E-state index contributed by atoms with van der Waals surface area (Å²) in [4.78, 5) is 34.8. The summed E-state index contributed by atoms with van der Waals surface area (Å²) in [5.41, 5.74) is 7.81. The molecule has 0 saturated carbocycles. The number of benzene rings is 2. The molecule has 0 aliphatic carbocycles. The van der Waals surface area contributed by atoms with Gasteiger partial charge in [-0.25, -0.2) is 9.36 Å². The molecular weight excluding hydrogens is 466 g/mol. The van der Waals surface area contributed by atoms with Gasteiger partial charge in [0.1, 0.15) is 0 Å². The first kappa shape index (κ1) is 24.1. The third-order valence-electron chi connectivity index (χ3n) is 6.60. The first-order valence-electron chi connectivity index (χ1n) is 12.2. The zero-order chi connectivity index (χ0) is 25.9. The molecule has 0 spiro atoms. The van der Waals surface area contributed by atoms with Gasteiger partial charge in [-0.05, 0) is 49.6 Å². The summed E-state index contributed by atoms with van der Waals surface area (Å²) in [5, 5.41) is 9.12. The fourth-order valence-electron chi connectivity index (χ4n) is 4.78. The lowest BCUT2D eigenvalue weighted by Crippen LogP contribution is -2.44. The van der Waals surface area contributed by atoms with Crippen molar-refractivity contribution in [2.24, 2.45) is 5.73 Å².